The Hall–Kier alpha value is -2.76. The van der Waals surface area contributed by atoms with E-state index in [-0.39, 0.29) is 12.6 Å². The van der Waals surface area contributed by atoms with Crippen LogP contribution in [0.1, 0.15) is 32.1 Å². The molecule has 1 saturated carbocycles. The molecule has 0 bridgehead atoms. The fourth-order valence-electron chi connectivity index (χ4n) is 3.20. The van der Waals surface area contributed by atoms with Crippen molar-refractivity contribution >= 4 is 22.7 Å². The van der Waals surface area contributed by atoms with E-state index in [9.17, 15) is 9.59 Å². The number of rotatable bonds is 5. The second-order valence-corrected chi connectivity index (χ2v) is 6.52. The van der Waals surface area contributed by atoms with E-state index in [1.54, 1.807) is 13.2 Å². The molecule has 3 amide bonds. The molecule has 26 heavy (non-hydrogen) atoms. The van der Waals surface area contributed by atoms with Gasteiger partial charge in [0.2, 0.25) is 0 Å². The van der Waals surface area contributed by atoms with Gasteiger partial charge in [-0.1, -0.05) is 31.4 Å². The van der Waals surface area contributed by atoms with Crippen molar-refractivity contribution in [1.82, 2.24) is 10.6 Å². The zero-order valence-corrected chi connectivity index (χ0v) is 14.9. The van der Waals surface area contributed by atoms with Gasteiger partial charge in [-0.2, -0.15) is 0 Å². The summed E-state index contributed by atoms with van der Waals surface area (Å²) in [5.74, 6) is 0.851. The first-order valence-electron chi connectivity index (χ1n) is 8.95. The Morgan fingerprint density at radius 3 is 2.42 bits per heavy atom. The van der Waals surface area contributed by atoms with Gasteiger partial charge in [-0.15, -0.1) is 0 Å². The van der Waals surface area contributed by atoms with Crippen LogP contribution >= 0.6 is 0 Å². The van der Waals surface area contributed by atoms with Gasteiger partial charge in [0.05, 0.1) is 7.11 Å². The molecule has 1 aliphatic rings. The predicted octanol–water partition coefficient (Wildman–Crippen LogP) is 3.39. The summed E-state index contributed by atoms with van der Waals surface area (Å²) in [6, 6.07) is 11.0. The summed E-state index contributed by atoms with van der Waals surface area (Å²) < 4.78 is 10.7. The lowest BCUT2D eigenvalue weighted by molar-refractivity contribution is -0.122. The van der Waals surface area contributed by atoms with Crippen LogP contribution < -0.4 is 20.1 Å². The summed E-state index contributed by atoms with van der Waals surface area (Å²) in [5.41, 5.74) is 0. The molecule has 1 fully saturated rings. The molecule has 2 N–H and O–H groups in total. The molecule has 2 aromatic carbocycles. The maximum absolute atomic E-state index is 11.9. The first-order valence-corrected chi connectivity index (χ1v) is 8.95. The average molecular weight is 356 g/mol. The van der Waals surface area contributed by atoms with Gasteiger partial charge in [0.15, 0.2) is 6.61 Å². The third kappa shape index (κ3) is 4.88. The highest BCUT2D eigenvalue weighted by Gasteiger charge is 2.17. The normalized spacial score (nSPS) is 14.7. The van der Waals surface area contributed by atoms with Crippen LogP contribution in [-0.4, -0.2) is 31.7 Å². The minimum atomic E-state index is -0.468. The molecule has 0 unspecified atom stereocenters. The van der Waals surface area contributed by atoms with E-state index < -0.39 is 11.9 Å². The third-order valence-corrected chi connectivity index (χ3v) is 4.58. The minimum Gasteiger partial charge on any atom is -0.497 e. The van der Waals surface area contributed by atoms with Crippen LogP contribution in [0.2, 0.25) is 0 Å². The quantitative estimate of drug-likeness (QED) is 0.861. The number of hydrogen-bond acceptors (Lipinski definition) is 4. The first-order chi connectivity index (χ1) is 12.6. The largest absolute Gasteiger partial charge is 0.497 e. The SMILES string of the molecule is COc1ccc2ccc(OCC(=O)NC(=O)NC3CCCCC3)cc2c1. The number of nitrogens with one attached hydrogen (secondary N) is 2. The van der Waals surface area contributed by atoms with Crippen molar-refractivity contribution in [3.05, 3.63) is 36.4 Å². The third-order valence-electron chi connectivity index (χ3n) is 4.58. The Kier molecular flexibility index (Phi) is 5.94. The van der Waals surface area contributed by atoms with E-state index >= 15 is 0 Å². The Morgan fingerprint density at radius 2 is 1.69 bits per heavy atom. The number of benzene rings is 2. The maximum Gasteiger partial charge on any atom is 0.321 e. The topological polar surface area (TPSA) is 76.7 Å². The molecule has 1 aliphatic carbocycles. The van der Waals surface area contributed by atoms with Crippen molar-refractivity contribution in [3.63, 3.8) is 0 Å². The van der Waals surface area contributed by atoms with Crippen molar-refractivity contribution in [3.8, 4) is 11.5 Å². The number of carbonyl (C=O) groups excluding carboxylic acids is 2. The highest BCUT2D eigenvalue weighted by Crippen LogP contribution is 2.25. The van der Waals surface area contributed by atoms with E-state index in [0.29, 0.717) is 5.75 Å². The second-order valence-electron chi connectivity index (χ2n) is 6.52. The minimum absolute atomic E-state index is 0.160. The molecule has 0 radical (unpaired) electrons. The molecule has 0 spiro atoms. The van der Waals surface area contributed by atoms with Crippen LogP contribution in [0.15, 0.2) is 36.4 Å². The summed E-state index contributed by atoms with van der Waals surface area (Å²) in [4.78, 5) is 23.8. The van der Waals surface area contributed by atoms with E-state index in [1.165, 1.54) is 6.42 Å². The molecule has 6 nitrogen and oxygen atoms in total. The van der Waals surface area contributed by atoms with Crippen molar-refractivity contribution in [2.45, 2.75) is 38.1 Å². The van der Waals surface area contributed by atoms with Gasteiger partial charge in [-0.25, -0.2) is 4.79 Å². The monoisotopic (exact) mass is 356 g/mol. The van der Waals surface area contributed by atoms with Gasteiger partial charge in [0.25, 0.3) is 5.91 Å². The van der Waals surface area contributed by atoms with Gasteiger partial charge in [0.1, 0.15) is 11.5 Å². The average Bonchev–Trinajstić information content (AvgIpc) is 2.66. The Labute approximate surface area is 152 Å². The highest BCUT2D eigenvalue weighted by molar-refractivity contribution is 5.95. The lowest BCUT2D eigenvalue weighted by Gasteiger charge is -2.22. The molecule has 0 saturated heterocycles. The number of carbonyl (C=O) groups is 2. The zero-order valence-electron chi connectivity index (χ0n) is 14.9. The summed E-state index contributed by atoms with van der Waals surface area (Å²) in [5, 5.41) is 7.17. The lowest BCUT2D eigenvalue weighted by Crippen LogP contribution is -2.46. The van der Waals surface area contributed by atoms with E-state index in [2.05, 4.69) is 10.6 Å². The Bertz CT molecular complexity index is 784. The van der Waals surface area contributed by atoms with Crippen LogP contribution in [-0.2, 0) is 4.79 Å². The van der Waals surface area contributed by atoms with Crippen LogP contribution in [0.5, 0.6) is 11.5 Å². The molecule has 0 heterocycles. The smallest absolute Gasteiger partial charge is 0.321 e. The van der Waals surface area contributed by atoms with Crippen LogP contribution in [0, 0.1) is 0 Å². The first kappa shape index (κ1) is 18.0. The number of imide groups is 1. The molecular weight excluding hydrogens is 332 g/mol. The fraction of sp³-hybridized carbons (Fsp3) is 0.400. The number of amides is 3. The molecule has 0 aromatic heterocycles. The Balaban J connectivity index is 1.50. The van der Waals surface area contributed by atoms with Crippen molar-refractivity contribution in [2.24, 2.45) is 0 Å². The maximum atomic E-state index is 11.9. The van der Waals surface area contributed by atoms with E-state index in [4.69, 9.17) is 9.47 Å². The number of ether oxygens (including phenoxy) is 2. The van der Waals surface area contributed by atoms with Gasteiger partial charge in [-0.05, 0) is 47.9 Å². The Morgan fingerprint density at radius 1 is 1.00 bits per heavy atom. The number of fused-ring (bicyclic) bond motifs is 1. The number of hydrogen-bond donors (Lipinski definition) is 2. The molecule has 6 heteroatoms. The van der Waals surface area contributed by atoms with Crippen LogP contribution in [0.3, 0.4) is 0 Å². The molecule has 2 aromatic rings. The molecule has 0 aliphatic heterocycles. The van der Waals surface area contributed by atoms with Crippen molar-refractivity contribution < 1.29 is 19.1 Å². The summed E-state index contributed by atoms with van der Waals surface area (Å²) in [6.07, 6.45) is 5.39. The van der Waals surface area contributed by atoms with Gasteiger partial charge < -0.3 is 14.8 Å². The van der Waals surface area contributed by atoms with Gasteiger partial charge in [0, 0.05) is 6.04 Å². The van der Waals surface area contributed by atoms with Crippen LogP contribution in [0.4, 0.5) is 4.79 Å². The van der Waals surface area contributed by atoms with Crippen molar-refractivity contribution in [2.75, 3.05) is 13.7 Å². The molecule has 0 atom stereocenters. The van der Waals surface area contributed by atoms with E-state index in [1.807, 2.05) is 30.3 Å². The van der Waals surface area contributed by atoms with E-state index in [0.717, 1.165) is 42.2 Å². The molecule has 3 rings (SSSR count). The van der Waals surface area contributed by atoms with Crippen LogP contribution in [0.25, 0.3) is 10.8 Å². The number of urea groups is 1. The number of methoxy groups -OCH3 is 1. The second kappa shape index (κ2) is 8.56. The molecule has 138 valence electrons. The highest BCUT2D eigenvalue weighted by atomic mass is 16.5. The van der Waals surface area contributed by atoms with Crippen molar-refractivity contribution in [1.29, 1.82) is 0 Å². The fourth-order valence-corrected chi connectivity index (χ4v) is 3.20. The lowest BCUT2D eigenvalue weighted by atomic mass is 9.96. The standard InChI is InChI=1S/C20H24N2O4/c1-25-17-9-7-14-8-10-18(12-15(14)11-17)26-13-19(23)22-20(24)21-16-5-3-2-4-6-16/h7-12,16H,2-6,13H2,1H3,(H2,21,22,23,24). The molecular formula is C20H24N2O4. The predicted molar refractivity (Wildman–Crippen MR) is 99.5 cm³/mol. The summed E-state index contributed by atoms with van der Waals surface area (Å²) in [6.45, 7) is -0.215. The summed E-state index contributed by atoms with van der Waals surface area (Å²) >= 11 is 0. The van der Waals surface area contributed by atoms with Gasteiger partial charge >= 0.3 is 6.03 Å². The zero-order chi connectivity index (χ0) is 18.4. The summed E-state index contributed by atoms with van der Waals surface area (Å²) in [7, 11) is 1.62. The van der Waals surface area contributed by atoms with Gasteiger partial charge in [-0.3, -0.25) is 10.1 Å².